The van der Waals surface area contributed by atoms with Crippen LogP contribution in [0.2, 0.25) is 0 Å². The quantitative estimate of drug-likeness (QED) is 0.345. The Morgan fingerprint density at radius 3 is 2.52 bits per heavy atom. The maximum absolute atomic E-state index is 11.8. The van der Waals surface area contributed by atoms with Gasteiger partial charge in [-0.1, -0.05) is 12.6 Å². The van der Waals surface area contributed by atoms with E-state index in [0.717, 1.165) is 67.8 Å². The Morgan fingerprint density at radius 1 is 1.00 bits per heavy atom. The molecule has 0 saturated carbocycles. The zero-order valence-corrected chi connectivity index (χ0v) is 23.0. The molecule has 40 heavy (non-hydrogen) atoms. The van der Waals surface area contributed by atoms with Crippen molar-refractivity contribution in [2.75, 3.05) is 92.4 Å². The summed E-state index contributed by atoms with van der Waals surface area (Å²) in [5.41, 5.74) is 4.20. The molecule has 0 radical (unpaired) electrons. The number of amides is 1. The minimum Gasteiger partial charge on any atom is -0.494 e. The van der Waals surface area contributed by atoms with Crippen molar-refractivity contribution in [1.82, 2.24) is 14.9 Å². The standard InChI is InChI=1S/C29H36N8O3/c1-4-27(38)31-21-6-5-7-22(18-21)32-28-25(37-14-16-40-17-15-37)20-30-29(34-28)33-24-9-8-23(19-26(24)39-3)36-12-10-35(2)11-13-36/h4-9,18-20H,1,10-17H2,2-3H3,(H,31,38)(H2,30,32,33,34). The lowest BCUT2D eigenvalue weighted by atomic mass is 10.2. The van der Waals surface area contributed by atoms with Crippen LogP contribution in [0.1, 0.15) is 0 Å². The molecule has 3 N–H and O–H groups in total. The number of aromatic nitrogens is 2. The van der Waals surface area contributed by atoms with Crippen LogP contribution in [0, 0.1) is 0 Å². The van der Waals surface area contributed by atoms with E-state index in [-0.39, 0.29) is 5.91 Å². The van der Waals surface area contributed by atoms with Gasteiger partial charge in [0.1, 0.15) is 5.75 Å². The molecule has 11 heteroatoms. The smallest absolute Gasteiger partial charge is 0.247 e. The maximum Gasteiger partial charge on any atom is 0.247 e. The first-order valence-corrected chi connectivity index (χ1v) is 13.4. The van der Waals surface area contributed by atoms with Gasteiger partial charge in [0.05, 0.1) is 37.9 Å². The van der Waals surface area contributed by atoms with Gasteiger partial charge in [-0.05, 0) is 43.5 Å². The first-order chi connectivity index (χ1) is 19.5. The van der Waals surface area contributed by atoms with Crippen molar-refractivity contribution in [3.63, 3.8) is 0 Å². The van der Waals surface area contributed by atoms with Crippen LogP contribution in [0.4, 0.5) is 40.2 Å². The van der Waals surface area contributed by atoms with Gasteiger partial charge in [-0.2, -0.15) is 4.98 Å². The largest absolute Gasteiger partial charge is 0.494 e. The van der Waals surface area contributed by atoms with Crippen LogP contribution in [0.25, 0.3) is 0 Å². The maximum atomic E-state index is 11.8. The SMILES string of the molecule is C=CC(=O)Nc1cccc(Nc2nc(Nc3ccc(N4CCN(C)CC4)cc3OC)ncc2N2CCOCC2)c1. The zero-order valence-electron chi connectivity index (χ0n) is 23.0. The van der Waals surface area contributed by atoms with Gasteiger partial charge in [0.15, 0.2) is 5.82 Å². The van der Waals surface area contributed by atoms with E-state index >= 15 is 0 Å². The fourth-order valence-corrected chi connectivity index (χ4v) is 4.73. The third-order valence-corrected chi connectivity index (χ3v) is 7.00. The molecule has 3 heterocycles. The lowest BCUT2D eigenvalue weighted by molar-refractivity contribution is -0.111. The number of nitrogens with one attached hydrogen (secondary N) is 3. The molecule has 2 aliphatic heterocycles. The molecule has 0 bridgehead atoms. The predicted molar refractivity (Wildman–Crippen MR) is 160 cm³/mol. The van der Waals surface area contributed by atoms with Crippen LogP contribution in [-0.2, 0) is 9.53 Å². The number of ether oxygens (including phenoxy) is 2. The van der Waals surface area contributed by atoms with E-state index in [1.165, 1.54) is 6.08 Å². The van der Waals surface area contributed by atoms with E-state index in [1.54, 1.807) is 7.11 Å². The Kier molecular flexibility index (Phi) is 8.62. The zero-order chi connectivity index (χ0) is 27.9. The molecule has 3 aromatic rings. The molecule has 0 aliphatic carbocycles. The fourth-order valence-electron chi connectivity index (χ4n) is 4.73. The highest BCUT2D eigenvalue weighted by atomic mass is 16.5. The van der Waals surface area contributed by atoms with Crippen molar-refractivity contribution in [2.24, 2.45) is 0 Å². The molecule has 2 fully saturated rings. The van der Waals surface area contributed by atoms with Gasteiger partial charge >= 0.3 is 0 Å². The Labute approximate surface area is 234 Å². The van der Waals surface area contributed by atoms with Crippen LogP contribution < -0.4 is 30.5 Å². The molecular weight excluding hydrogens is 508 g/mol. The third-order valence-electron chi connectivity index (χ3n) is 7.00. The van der Waals surface area contributed by atoms with Crippen molar-refractivity contribution in [2.45, 2.75) is 0 Å². The average Bonchev–Trinajstić information content (AvgIpc) is 2.98. The summed E-state index contributed by atoms with van der Waals surface area (Å²) in [6.45, 7) is 10.3. The number of anilines is 7. The molecule has 0 spiro atoms. The topological polar surface area (TPSA) is 107 Å². The Hall–Kier alpha value is -4.35. The lowest BCUT2D eigenvalue weighted by Gasteiger charge is -2.34. The predicted octanol–water partition coefficient (Wildman–Crippen LogP) is 3.69. The second-order valence-electron chi connectivity index (χ2n) is 9.73. The highest BCUT2D eigenvalue weighted by Gasteiger charge is 2.19. The normalized spacial score (nSPS) is 15.8. The molecular formula is C29H36N8O3. The molecule has 2 aromatic carbocycles. The summed E-state index contributed by atoms with van der Waals surface area (Å²) < 4.78 is 11.3. The van der Waals surface area contributed by atoms with Crippen LogP contribution >= 0.6 is 0 Å². The summed E-state index contributed by atoms with van der Waals surface area (Å²) in [5, 5.41) is 9.55. The van der Waals surface area contributed by atoms with E-state index in [9.17, 15) is 4.79 Å². The number of morpholine rings is 1. The number of likely N-dealkylation sites (N-methyl/N-ethyl adjacent to an activating group) is 1. The number of carbonyl (C=O) groups is 1. The molecule has 0 unspecified atom stereocenters. The van der Waals surface area contributed by atoms with Crippen molar-refractivity contribution in [3.05, 3.63) is 61.3 Å². The first-order valence-electron chi connectivity index (χ1n) is 13.4. The fraction of sp³-hybridized carbons (Fsp3) is 0.345. The molecule has 2 aliphatic rings. The number of carbonyl (C=O) groups excluding carboxylic acids is 1. The minimum atomic E-state index is -0.271. The summed E-state index contributed by atoms with van der Waals surface area (Å²) in [7, 11) is 3.82. The molecule has 1 amide bonds. The molecule has 11 nitrogen and oxygen atoms in total. The Bertz CT molecular complexity index is 1340. The van der Waals surface area contributed by atoms with Crippen LogP contribution in [-0.4, -0.2) is 87.4 Å². The summed E-state index contributed by atoms with van der Waals surface area (Å²) in [5.74, 6) is 1.52. The summed E-state index contributed by atoms with van der Waals surface area (Å²) in [6.07, 6.45) is 3.06. The highest BCUT2D eigenvalue weighted by molar-refractivity contribution is 5.99. The number of hydrogen-bond acceptors (Lipinski definition) is 10. The minimum absolute atomic E-state index is 0.271. The van der Waals surface area contributed by atoms with Gasteiger partial charge in [0.2, 0.25) is 11.9 Å². The molecule has 2 saturated heterocycles. The van der Waals surface area contributed by atoms with Crippen LogP contribution in [0.5, 0.6) is 5.75 Å². The van der Waals surface area contributed by atoms with E-state index in [4.69, 9.17) is 14.5 Å². The number of benzene rings is 2. The molecule has 5 rings (SSSR count). The lowest BCUT2D eigenvalue weighted by Crippen LogP contribution is -2.44. The second kappa shape index (κ2) is 12.7. The first kappa shape index (κ1) is 27.2. The molecule has 210 valence electrons. The van der Waals surface area contributed by atoms with Gasteiger partial charge < -0.3 is 40.1 Å². The van der Waals surface area contributed by atoms with Gasteiger partial charge in [-0.3, -0.25) is 4.79 Å². The summed E-state index contributed by atoms with van der Waals surface area (Å²) in [4.78, 5) is 28.2. The van der Waals surface area contributed by atoms with E-state index in [0.29, 0.717) is 30.7 Å². The van der Waals surface area contributed by atoms with Gasteiger partial charge in [0.25, 0.3) is 0 Å². The van der Waals surface area contributed by atoms with E-state index in [1.807, 2.05) is 36.5 Å². The second-order valence-corrected chi connectivity index (χ2v) is 9.73. The third kappa shape index (κ3) is 6.61. The van der Waals surface area contributed by atoms with Gasteiger partial charge in [0, 0.05) is 62.4 Å². The van der Waals surface area contributed by atoms with Crippen LogP contribution in [0.15, 0.2) is 61.3 Å². The highest BCUT2D eigenvalue weighted by Crippen LogP contribution is 2.34. The van der Waals surface area contributed by atoms with Crippen molar-refractivity contribution < 1.29 is 14.3 Å². The summed E-state index contributed by atoms with van der Waals surface area (Å²) >= 11 is 0. The summed E-state index contributed by atoms with van der Waals surface area (Å²) in [6, 6.07) is 13.6. The van der Waals surface area contributed by atoms with E-state index < -0.39 is 0 Å². The molecule has 1 aromatic heterocycles. The van der Waals surface area contributed by atoms with Crippen LogP contribution in [0.3, 0.4) is 0 Å². The Morgan fingerprint density at radius 2 is 1.77 bits per heavy atom. The number of hydrogen-bond donors (Lipinski definition) is 3. The monoisotopic (exact) mass is 544 g/mol. The number of nitrogens with zero attached hydrogens (tertiary/aromatic N) is 5. The van der Waals surface area contributed by atoms with Crippen molar-refractivity contribution in [3.8, 4) is 5.75 Å². The van der Waals surface area contributed by atoms with Gasteiger partial charge in [-0.25, -0.2) is 4.98 Å². The van der Waals surface area contributed by atoms with Crippen molar-refractivity contribution >= 4 is 46.1 Å². The molecule has 0 atom stereocenters. The van der Waals surface area contributed by atoms with Gasteiger partial charge in [-0.15, -0.1) is 0 Å². The van der Waals surface area contributed by atoms with Crippen molar-refractivity contribution in [1.29, 1.82) is 0 Å². The average molecular weight is 545 g/mol. The Balaban J connectivity index is 1.40. The number of piperazine rings is 1. The number of rotatable bonds is 9. The number of methoxy groups -OCH3 is 1. The van der Waals surface area contributed by atoms with E-state index in [2.05, 4.69) is 61.4 Å².